The molecule has 0 bridgehead atoms. The Balaban J connectivity index is 1.53. The summed E-state index contributed by atoms with van der Waals surface area (Å²) in [7, 11) is 3.21. The van der Waals surface area contributed by atoms with Gasteiger partial charge in [-0.05, 0) is 35.9 Å². The largest absolute Gasteiger partial charge is 0.493 e. The molecule has 1 atom stereocenters. The van der Waals surface area contributed by atoms with Crippen LogP contribution in [0.3, 0.4) is 0 Å². The van der Waals surface area contributed by atoms with Crippen LogP contribution >= 0.6 is 0 Å². The number of nitrogens with zero attached hydrogens (tertiary/aromatic N) is 1. The number of oxime groups is 1. The van der Waals surface area contributed by atoms with E-state index in [0.29, 0.717) is 31.0 Å². The van der Waals surface area contributed by atoms with Crippen molar-refractivity contribution in [2.45, 2.75) is 19.1 Å². The SMILES string of the molecule is COc1ccc(C2=NOC(CNCc3cccc(F)c3)C2)cc1OC. The van der Waals surface area contributed by atoms with Crippen LogP contribution < -0.4 is 14.8 Å². The van der Waals surface area contributed by atoms with Gasteiger partial charge in [0.15, 0.2) is 11.5 Å². The summed E-state index contributed by atoms with van der Waals surface area (Å²) in [5.41, 5.74) is 2.72. The summed E-state index contributed by atoms with van der Waals surface area (Å²) in [6.07, 6.45) is 0.655. The van der Waals surface area contributed by atoms with Crippen LogP contribution in [-0.4, -0.2) is 32.6 Å². The number of hydrogen-bond acceptors (Lipinski definition) is 5. The van der Waals surface area contributed by atoms with Gasteiger partial charge in [0.2, 0.25) is 0 Å². The van der Waals surface area contributed by atoms with E-state index < -0.39 is 0 Å². The summed E-state index contributed by atoms with van der Waals surface area (Å²) >= 11 is 0. The third-order valence-corrected chi connectivity index (χ3v) is 4.04. The van der Waals surface area contributed by atoms with E-state index in [1.54, 1.807) is 20.3 Å². The highest BCUT2D eigenvalue weighted by atomic mass is 19.1. The molecular weight excluding hydrogens is 323 g/mol. The second kappa shape index (κ2) is 7.98. The highest BCUT2D eigenvalue weighted by Crippen LogP contribution is 2.29. The highest BCUT2D eigenvalue weighted by molar-refractivity contribution is 6.01. The summed E-state index contributed by atoms with van der Waals surface area (Å²) in [5, 5.41) is 7.45. The van der Waals surface area contributed by atoms with Crippen LogP contribution in [0.15, 0.2) is 47.6 Å². The second-order valence-electron chi connectivity index (χ2n) is 5.80. The smallest absolute Gasteiger partial charge is 0.161 e. The van der Waals surface area contributed by atoms with Gasteiger partial charge in [-0.15, -0.1) is 0 Å². The van der Waals surface area contributed by atoms with Gasteiger partial charge in [0.05, 0.1) is 19.9 Å². The van der Waals surface area contributed by atoms with Gasteiger partial charge < -0.3 is 19.6 Å². The van der Waals surface area contributed by atoms with E-state index in [1.807, 2.05) is 24.3 Å². The number of methoxy groups -OCH3 is 2. The van der Waals surface area contributed by atoms with E-state index in [0.717, 1.165) is 16.8 Å². The fraction of sp³-hybridized carbons (Fsp3) is 0.316. The summed E-state index contributed by atoms with van der Waals surface area (Å²) in [6, 6.07) is 12.2. The molecule has 5 nitrogen and oxygen atoms in total. The summed E-state index contributed by atoms with van der Waals surface area (Å²) < 4.78 is 23.7. The maximum Gasteiger partial charge on any atom is 0.161 e. The monoisotopic (exact) mass is 344 g/mol. The Bertz CT molecular complexity index is 764. The Morgan fingerprint density at radius 3 is 2.76 bits per heavy atom. The predicted molar refractivity (Wildman–Crippen MR) is 93.7 cm³/mol. The minimum absolute atomic E-state index is 0.0448. The summed E-state index contributed by atoms with van der Waals surface area (Å²) in [6.45, 7) is 1.22. The van der Waals surface area contributed by atoms with Gasteiger partial charge in [0.1, 0.15) is 11.9 Å². The topological polar surface area (TPSA) is 52.1 Å². The van der Waals surface area contributed by atoms with Crippen molar-refractivity contribution >= 4 is 5.71 Å². The molecule has 1 unspecified atom stereocenters. The molecule has 0 saturated heterocycles. The fourth-order valence-corrected chi connectivity index (χ4v) is 2.75. The molecule has 0 amide bonds. The number of benzene rings is 2. The molecule has 0 aromatic heterocycles. The zero-order chi connectivity index (χ0) is 17.6. The molecule has 0 aliphatic carbocycles. The molecule has 3 rings (SSSR count). The number of halogens is 1. The molecule has 0 spiro atoms. The van der Waals surface area contributed by atoms with Crippen molar-refractivity contribution in [1.82, 2.24) is 5.32 Å². The fourth-order valence-electron chi connectivity index (χ4n) is 2.75. The molecule has 0 saturated carbocycles. The first-order valence-corrected chi connectivity index (χ1v) is 8.10. The zero-order valence-electron chi connectivity index (χ0n) is 14.3. The Kier molecular flexibility index (Phi) is 5.50. The first-order valence-electron chi connectivity index (χ1n) is 8.10. The van der Waals surface area contributed by atoms with Crippen molar-refractivity contribution < 1.29 is 18.7 Å². The van der Waals surface area contributed by atoms with Gasteiger partial charge in [-0.3, -0.25) is 0 Å². The van der Waals surface area contributed by atoms with Gasteiger partial charge in [0.25, 0.3) is 0 Å². The lowest BCUT2D eigenvalue weighted by Gasteiger charge is -2.10. The van der Waals surface area contributed by atoms with Crippen LogP contribution in [0.1, 0.15) is 17.5 Å². The lowest BCUT2D eigenvalue weighted by atomic mass is 10.0. The second-order valence-corrected chi connectivity index (χ2v) is 5.80. The maximum absolute atomic E-state index is 13.2. The minimum atomic E-state index is -0.226. The van der Waals surface area contributed by atoms with E-state index in [-0.39, 0.29) is 11.9 Å². The number of ether oxygens (including phenoxy) is 2. The molecule has 2 aromatic rings. The first-order chi connectivity index (χ1) is 12.2. The van der Waals surface area contributed by atoms with Crippen LogP contribution in [0.5, 0.6) is 11.5 Å². The normalized spacial score (nSPS) is 16.3. The molecule has 1 N–H and O–H groups in total. The Hall–Kier alpha value is -2.60. The van der Waals surface area contributed by atoms with Gasteiger partial charge in [-0.25, -0.2) is 4.39 Å². The lowest BCUT2D eigenvalue weighted by molar-refractivity contribution is 0.0848. The van der Waals surface area contributed by atoms with Crippen LogP contribution in [0, 0.1) is 5.82 Å². The van der Waals surface area contributed by atoms with Crippen molar-refractivity contribution in [3.05, 3.63) is 59.4 Å². The molecule has 1 aliphatic rings. The average molecular weight is 344 g/mol. The minimum Gasteiger partial charge on any atom is -0.493 e. The summed E-state index contributed by atoms with van der Waals surface area (Å²) in [4.78, 5) is 5.49. The summed E-state index contributed by atoms with van der Waals surface area (Å²) in [5.74, 6) is 1.12. The number of hydrogen-bond donors (Lipinski definition) is 1. The molecular formula is C19H21FN2O3. The molecule has 132 valence electrons. The van der Waals surface area contributed by atoms with E-state index in [2.05, 4.69) is 10.5 Å². The third kappa shape index (κ3) is 4.28. The van der Waals surface area contributed by atoms with E-state index in [4.69, 9.17) is 14.3 Å². The predicted octanol–water partition coefficient (Wildman–Crippen LogP) is 3.13. The highest BCUT2D eigenvalue weighted by Gasteiger charge is 2.22. The van der Waals surface area contributed by atoms with Gasteiger partial charge in [-0.2, -0.15) is 0 Å². The van der Waals surface area contributed by atoms with Crippen LogP contribution in [-0.2, 0) is 11.4 Å². The Labute approximate surface area is 146 Å². The molecule has 0 radical (unpaired) electrons. The van der Waals surface area contributed by atoms with Crippen molar-refractivity contribution in [1.29, 1.82) is 0 Å². The van der Waals surface area contributed by atoms with Crippen molar-refractivity contribution in [2.75, 3.05) is 20.8 Å². The van der Waals surface area contributed by atoms with E-state index in [1.165, 1.54) is 12.1 Å². The standard InChI is InChI=1S/C19H21FN2O3/c1-23-18-7-6-14(9-19(18)24-2)17-10-16(25-22-17)12-21-11-13-4-3-5-15(20)8-13/h3-9,16,21H,10-12H2,1-2H3. The van der Waals surface area contributed by atoms with Crippen LogP contribution in [0.25, 0.3) is 0 Å². The van der Waals surface area contributed by atoms with E-state index in [9.17, 15) is 4.39 Å². The molecule has 0 fully saturated rings. The van der Waals surface area contributed by atoms with Gasteiger partial charge in [0, 0.05) is 25.1 Å². The van der Waals surface area contributed by atoms with Crippen molar-refractivity contribution in [3.8, 4) is 11.5 Å². The van der Waals surface area contributed by atoms with E-state index >= 15 is 0 Å². The molecule has 1 aliphatic heterocycles. The average Bonchev–Trinajstić information content (AvgIpc) is 3.10. The van der Waals surface area contributed by atoms with Crippen molar-refractivity contribution in [3.63, 3.8) is 0 Å². The number of rotatable bonds is 7. The maximum atomic E-state index is 13.2. The molecule has 2 aromatic carbocycles. The van der Waals surface area contributed by atoms with Crippen LogP contribution in [0.4, 0.5) is 4.39 Å². The Morgan fingerprint density at radius 2 is 2.00 bits per heavy atom. The van der Waals surface area contributed by atoms with Gasteiger partial charge >= 0.3 is 0 Å². The number of nitrogens with one attached hydrogen (secondary N) is 1. The molecule has 1 heterocycles. The Morgan fingerprint density at radius 1 is 1.16 bits per heavy atom. The quantitative estimate of drug-likeness (QED) is 0.838. The molecule has 6 heteroatoms. The van der Waals surface area contributed by atoms with Crippen LogP contribution in [0.2, 0.25) is 0 Å². The third-order valence-electron chi connectivity index (χ3n) is 4.04. The van der Waals surface area contributed by atoms with Crippen molar-refractivity contribution in [2.24, 2.45) is 5.16 Å². The first kappa shape index (κ1) is 17.2. The lowest BCUT2D eigenvalue weighted by Crippen LogP contribution is -2.26. The van der Waals surface area contributed by atoms with Gasteiger partial charge in [-0.1, -0.05) is 17.3 Å². The zero-order valence-corrected chi connectivity index (χ0v) is 14.3. The molecule has 25 heavy (non-hydrogen) atoms.